The van der Waals surface area contributed by atoms with Crippen LogP contribution >= 0.6 is 0 Å². The van der Waals surface area contributed by atoms with Crippen molar-refractivity contribution in [1.82, 2.24) is 9.88 Å². The highest BCUT2D eigenvalue weighted by Crippen LogP contribution is 2.37. The summed E-state index contributed by atoms with van der Waals surface area (Å²) in [7, 11) is 3.36. The number of hydrogen-bond donors (Lipinski definition) is 1. The van der Waals surface area contributed by atoms with E-state index >= 15 is 0 Å². The number of aryl methyl sites for hydroxylation is 1. The first-order valence-corrected chi connectivity index (χ1v) is 9.49. The number of halogens is 1. The van der Waals surface area contributed by atoms with Gasteiger partial charge in [0, 0.05) is 37.5 Å². The van der Waals surface area contributed by atoms with Gasteiger partial charge in [-0.3, -0.25) is 9.59 Å². The molecule has 2 heterocycles. The molecule has 0 radical (unpaired) electrons. The topological polar surface area (TPSA) is 63.6 Å². The molecule has 3 aromatic rings. The highest BCUT2D eigenvalue weighted by Gasteiger charge is 2.31. The van der Waals surface area contributed by atoms with Crippen LogP contribution in [-0.4, -0.2) is 30.0 Å². The molecular weight excluding hydrogens is 373 g/mol. The number of carbonyl (C=O) groups is 2. The van der Waals surface area contributed by atoms with Crippen LogP contribution in [0.3, 0.4) is 0 Å². The molecule has 29 heavy (non-hydrogen) atoms. The van der Waals surface area contributed by atoms with Crippen molar-refractivity contribution in [2.24, 2.45) is 7.05 Å². The first-order chi connectivity index (χ1) is 14.0. The summed E-state index contributed by atoms with van der Waals surface area (Å²) >= 11 is 0. The molecule has 0 aliphatic carbocycles. The average Bonchev–Trinajstić information content (AvgIpc) is 3.27. The summed E-state index contributed by atoms with van der Waals surface area (Å²) in [6, 6.07) is 11.8. The number of methoxy groups -OCH3 is 1. The third-order valence-electron chi connectivity index (χ3n) is 5.34. The van der Waals surface area contributed by atoms with Crippen molar-refractivity contribution in [3.63, 3.8) is 0 Å². The third-order valence-corrected chi connectivity index (χ3v) is 5.34. The van der Waals surface area contributed by atoms with Gasteiger partial charge in [-0.2, -0.15) is 0 Å². The highest BCUT2D eigenvalue weighted by atomic mass is 19.1. The molecule has 0 atom stereocenters. The van der Waals surface area contributed by atoms with E-state index < -0.39 is 0 Å². The third kappa shape index (κ3) is 3.33. The summed E-state index contributed by atoms with van der Waals surface area (Å²) in [4.78, 5) is 27.3. The van der Waals surface area contributed by atoms with Crippen LogP contribution in [-0.2, 0) is 18.4 Å². The number of amides is 2. The van der Waals surface area contributed by atoms with Crippen molar-refractivity contribution in [1.29, 1.82) is 0 Å². The molecule has 0 bridgehead atoms. The Balaban J connectivity index is 1.78. The molecule has 150 valence electrons. The van der Waals surface area contributed by atoms with Gasteiger partial charge in [0.25, 0.3) is 5.91 Å². The predicted molar refractivity (Wildman–Crippen MR) is 109 cm³/mol. The van der Waals surface area contributed by atoms with Gasteiger partial charge in [0.2, 0.25) is 5.91 Å². The second-order valence-electron chi connectivity index (χ2n) is 7.06. The first kappa shape index (κ1) is 19.0. The monoisotopic (exact) mass is 395 g/mol. The van der Waals surface area contributed by atoms with Crippen LogP contribution in [0.2, 0.25) is 0 Å². The molecule has 1 aliphatic rings. The molecule has 0 spiro atoms. The molecule has 0 saturated carbocycles. The van der Waals surface area contributed by atoms with E-state index in [1.165, 1.54) is 6.07 Å². The molecule has 2 amide bonds. The number of anilines is 1. The molecule has 2 aromatic carbocycles. The molecule has 7 heteroatoms. The van der Waals surface area contributed by atoms with Gasteiger partial charge in [0.05, 0.1) is 18.3 Å². The minimum Gasteiger partial charge on any atom is -0.497 e. The Morgan fingerprint density at radius 3 is 2.72 bits per heavy atom. The molecule has 6 nitrogen and oxygen atoms in total. The zero-order valence-corrected chi connectivity index (χ0v) is 16.4. The number of fused-ring (bicyclic) bond motifs is 1. The van der Waals surface area contributed by atoms with Crippen molar-refractivity contribution in [3.8, 4) is 5.75 Å². The standard InChI is InChI=1S/C22H22FN3O3/c1-25-18-10-9-15(29-2)12-16(18)20(26-11-5-8-19(26)27)21(25)22(28)24-13-14-6-3-4-7-17(14)23/h3-4,6-7,9-10,12H,5,8,11,13H2,1-2H3,(H,24,28). The smallest absolute Gasteiger partial charge is 0.270 e. The fourth-order valence-electron chi connectivity index (χ4n) is 3.85. The van der Waals surface area contributed by atoms with Crippen LogP contribution in [0.1, 0.15) is 28.9 Å². The molecule has 4 rings (SSSR count). The van der Waals surface area contributed by atoms with Crippen LogP contribution in [0.15, 0.2) is 42.5 Å². The van der Waals surface area contributed by atoms with E-state index in [1.54, 1.807) is 41.8 Å². The van der Waals surface area contributed by atoms with Crippen molar-refractivity contribution in [3.05, 3.63) is 59.5 Å². The van der Waals surface area contributed by atoms with Gasteiger partial charge in [-0.05, 0) is 30.7 Å². The normalized spacial score (nSPS) is 13.9. The van der Waals surface area contributed by atoms with Crippen molar-refractivity contribution < 1.29 is 18.7 Å². The van der Waals surface area contributed by atoms with E-state index in [0.717, 1.165) is 17.3 Å². The second kappa shape index (κ2) is 7.58. The van der Waals surface area contributed by atoms with E-state index in [9.17, 15) is 14.0 Å². The molecule has 1 aromatic heterocycles. The van der Waals surface area contributed by atoms with Crippen LogP contribution < -0.4 is 15.0 Å². The maximum Gasteiger partial charge on any atom is 0.270 e. The lowest BCUT2D eigenvalue weighted by atomic mass is 10.1. The number of rotatable bonds is 5. The Morgan fingerprint density at radius 2 is 2.03 bits per heavy atom. The summed E-state index contributed by atoms with van der Waals surface area (Å²) in [6.45, 7) is 0.618. The van der Waals surface area contributed by atoms with Gasteiger partial charge in [-0.1, -0.05) is 18.2 Å². The maximum absolute atomic E-state index is 13.9. The fourth-order valence-corrected chi connectivity index (χ4v) is 3.85. The summed E-state index contributed by atoms with van der Waals surface area (Å²) < 4.78 is 21.0. The van der Waals surface area contributed by atoms with Gasteiger partial charge in [0.15, 0.2) is 0 Å². The highest BCUT2D eigenvalue weighted by molar-refractivity contribution is 6.14. The second-order valence-corrected chi connectivity index (χ2v) is 7.06. The van der Waals surface area contributed by atoms with Crippen LogP contribution in [0.4, 0.5) is 10.1 Å². The predicted octanol–water partition coefficient (Wildman–Crippen LogP) is 3.38. The Labute approximate surface area is 167 Å². The minimum absolute atomic E-state index is 0.0107. The molecule has 0 unspecified atom stereocenters. The largest absolute Gasteiger partial charge is 0.497 e. The number of benzene rings is 2. The van der Waals surface area contributed by atoms with E-state index in [4.69, 9.17) is 4.74 Å². The van der Waals surface area contributed by atoms with Crippen LogP contribution in [0, 0.1) is 5.82 Å². The van der Waals surface area contributed by atoms with Crippen molar-refractivity contribution in [2.45, 2.75) is 19.4 Å². The van der Waals surface area contributed by atoms with E-state index in [0.29, 0.717) is 35.7 Å². The number of carbonyl (C=O) groups excluding carboxylic acids is 2. The minimum atomic E-state index is -0.371. The lowest BCUT2D eigenvalue weighted by Crippen LogP contribution is -2.30. The number of nitrogens with one attached hydrogen (secondary N) is 1. The Hall–Kier alpha value is -3.35. The van der Waals surface area contributed by atoms with Crippen molar-refractivity contribution >= 4 is 28.4 Å². The lowest BCUT2D eigenvalue weighted by Gasteiger charge is -2.18. The zero-order valence-electron chi connectivity index (χ0n) is 16.4. The van der Waals surface area contributed by atoms with Gasteiger partial charge >= 0.3 is 0 Å². The molecule has 1 fully saturated rings. The van der Waals surface area contributed by atoms with Gasteiger partial charge in [0.1, 0.15) is 17.3 Å². The van der Waals surface area contributed by atoms with Crippen LogP contribution in [0.25, 0.3) is 10.9 Å². The fraction of sp³-hybridized carbons (Fsp3) is 0.273. The SMILES string of the molecule is COc1ccc2c(c1)c(N1CCCC1=O)c(C(=O)NCc1ccccc1F)n2C. The van der Waals surface area contributed by atoms with Gasteiger partial charge in [-0.15, -0.1) is 0 Å². The van der Waals surface area contributed by atoms with E-state index in [-0.39, 0.29) is 24.2 Å². The van der Waals surface area contributed by atoms with Crippen LogP contribution in [0.5, 0.6) is 5.75 Å². The number of aromatic nitrogens is 1. The first-order valence-electron chi connectivity index (χ1n) is 9.49. The summed E-state index contributed by atoms with van der Waals surface area (Å²) in [6.07, 6.45) is 1.20. The number of ether oxygens (including phenoxy) is 1. The number of nitrogens with zero attached hydrogens (tertiary/aromatic N) is 2. The van der Waals surface area contributed by atoms with Gasteiger partial charge < -0.3 is 19.5 Å². The molecular formula is C22H22FN3O3. The van der Waals surface area contributed by atoms with Crippen molar-refractivity contribution in [2.75, 3.05) is 18.6 Å². The quantitative estimate of drug-likeness (QED) is 0.720. The summed E-state index contributed by atoms with van der Waals surface area (Å²) in [5, 5.41) is 3.57. The van der Waals surface area contributed by atoms with E-state index in [1.807, 2.05) is 18.2 Å². The zero-order chi connectivity index (χ0) is 20.5. The Morgan fingerprint density at radius 1 is 1.24 bits per heavy atom. The average molecular weight is 395 g/mol. The number of hydrogen-bond acceptors (Lipinski definition) is 3. The summed E-state index contributed by atoms with van der Waals surface area (Å²) in [5.41, 5.74) is 2.17. The Kier molecular flexibility index (Phi) is 4.96. The molecule has 1 saturated heterocycles. The van der Waals surface area contributed by atoms with E-state index in [2.05, 4.69) is 5.32 Å². The lowest BCUT2D eigenvalue weighted by molar-refractivity contribution is -0.117. The van der Waals surface area contributed by atoms with Gasteiger partial charge in [-0.25, -0.2) is 4.39 Å². The molecule has 1 N–H and O–H groups in total. The maximum atomic E-state index is 13.9. The summed E-state index contributed by atoms with van der Waals surface area (Å²) in [5.74, 6) is -0.0945. The molecule has 1 aliphatic heterocycles. The Bertz CT molecular complexity index is 1110.